The maximum Gasteiger partial charge on any atom is 0.0416 e. The van der Waals surface area contributed by atoms with Crippen LogP contribution >= 0.6 is 11.3 Å². The molecule has 2 unspecified atom stereocenters. The molecule has 1 aliphatic heterocycles. The number of nitrogens with two attached hydrogens (primary N) is 1. The van der Waals surface area contributed by atoms with Gasteiger partial charge in [0.2, 0.25) is 0 Å². The second-order valence-electron chi connectivity index (χ2n) is 4.53. The fourth-order valence-electron chi connectivity index (χ4n) is 2.39. The first-order chi connectivity index (χ1) is 7.22. The number of thiophene rings is 1. The molecule has 1 aromatic heterocycles. The molecular formula is C12H20N2S. The molecule has 3 heteroatoms. The Morgan fingerprint density at radius 3 is 3.00 bits per heavy atom. The molecule has 2 rings (SSSR count). The van der Waals surface area contributed by atoms with Crippen LogP contribution in [0.1, 0.15) is 29.8 Å². The fourth-order valence-corrected chi connectivity index (χ4v) is 3.40. The van der Waals surface area contributed by atoms with Crippen LogP contribution in [0.5, 0.6) is 0 Å². The number of hydrogen-bond donors (Lipinski definition) is 1. The summed E-state index contributed by atoms with van der Waals surface area (Å²) in [5, 5.41) is 2.19. The molecule has 1 fully saturated rings. The van der Waals surface area contributed by atoms with Gasteiger partial charge in [-0.2, -0.15) is 0 Å². The Morgan fingerprint density at radius 1 is 1.67 bits per heavy atom. The van der Waals surface area contributed by atoms with E-state index in [-0.39, 0.29) is 0 Å². The van der Waals surface area contributed by atoms with Gasteiger partial charge in [-0.3, -0.25) is 4.90 Å². The van der Waals surface area contributed by atoms with Crippen molar-refractivity contribution in [3.63, 3.8) is 0 Å². The number of hydrogen-bond acceptors (Lipinski definition) is 3. The van der Waals surface area contributed by atoms with Crippen molar-refractivity contribution in [3.8, 4) is 0 Å². The molecule has 2 atom stereocenters. The zero-order valence-electron chi connectivity index (χ0n) is 9.57. The van der Waals surface area contributed by atoms with Crippen molar-refractivity contribution in [3.05, 3.63) is 21.9 Å². The van der Waals surface area contributed by atoms with Gasteiger partial charge >= 0.3 is 0 Å². The molecule has 0 saturated carbocycles. The Labute approximate surface area is 96.1 Å². The Bertz CT molecular complexity index is 321. The van der Waals surface area contributed by atoms with Crippen LogP contribution in [0.4, 0.5) is 0 Å². The lowest BCUT2D eigenvalue weighted by Crippen LogP contribution is -2.26. The van der Waals surface area contributed by atoms with Gasteiger partial charge in [0.15, 0.2) is 0 Å². The molecule has 1 aromatic rings. The van der Waals surface area contributed by atoms with Gasteiger partial charge in [0.05, 0.1) is 0 Å². The molecule has 0 aromatic carbocycles. The molecule has 0 radical (unpaired) electrons. The van der Waals surface area contributed by atoms with Crippen LogP contribution in [0.3, 0.4) is 0 Å². The summed E-state index contributed by atoms with van der Waals surface area (Å²) in [6.45, 7) is 7.75. The van der Waals surface area contributed by atoms with Crippen molar-refractivity contribution in [2.45, 2.75) is 26.3 Å². The molecule has 2 nitrogen and oxygen atoms in total. The highest BCUT2D eigenvalue weighted by molar-refractivity contribution is 7.10. The largest absolute Gasteiger partial charge is 0.330 e. The first-order valence-electron chi connectivity index (χ1n) is 5.70. The molecule has 2 N–H and O–H groups in total. The van der Waals surface area contributed by atoms with E-state index in [1.54, 1.807) is 0 Å². The quantitative estimate of drug-likeness (QED) is 0.854. The lowest BCUT2D eigenvalue weighted by atomic mass is 10.1. The van der Waals surface area contributed by atoms with Gasteiger partial charge in [-0.1, -0.05) is 0 Å². The van der Waals surface area contributed by atoms with Crippen molar-refractivity contribution in [1.29, 1.82) is 0 Å². The molecule has 0 amide bonds. The molecule has 2 heterocycles. The predicted octanol–water partition coefficient (Wildman–Crippen LogP) is 2.40. The van der Waals surface area contributed by atoms with Crippen molar-refractivity contribution in [2.75, 3.05) is 19.6 Å². The molecule has 0 spiro atoms. The standard InChI is InChI=1S/C12H20N2S/c1-9-4-6-15-12(9)10(2)14-5-3-11(7-13)8-14/h4,6,10-11H,3,5,7-8,13H2,1-2H3. The summed E-state index contributed by atoms with van der Waals surface area (Å²) in [5.74, 6) is 0.715. The zero-order chi connectivity index (χ0) is 10.8. The lowest BCUT2D eigenvalue weighted by Gasteiger charge is -2.24. The molecular weight excluding hydrogens is 204 g/mol. The van der Waals surface area contributed by atoms with Crippen molar-refractivity contribution >= 4 is 11.3 Å². The monoisotopic (exact) mass is 224 g/mol. The molecule has 1 saturated heterocycles. The Kier molecular flexibility index (Phi) is 3.44. The second kappa shape index (κ2) is 4.64. The van der Waals surface area contributed by atoms with Crippen molar-refractivity contribution < 1.29 is 0 Å². The van der Waals surface area contributed by atoms with Gasteiger partial charge in [-0.25, -0.2) is 0 Å². The molecule has 84 valence electrons. The first-order valence-corrected chi connectivity index (χ1v) is 6.58. The Morgan fingerprint density at radius 2 is 2.47 bits per heavy atom. The van der Waals surface area contributed by atoms with E-state index in [4.69, 9.17) is 5.73 Å². The summed E-state index contributed by atoms with van der Waals surface area (Å²) in [4.78, 5) is 4.09. The van der Waals surface area contributed by atoms with Gasteiger partial charge in [-0.15, -0.1) is 11.3 Å². The summed E-state index contributed by atoms with van der Waals surface area (Å²) >= 11 is 1.88. The third-order valence-corrected chi connectivity index (χ3v) is 4.67. The van der Waals surface area contributed by atoms with E-state index < -0.39 is 0 Å². The first kappa shape index (κ1) is 11.1. The highest BCUT2D eigenvalue weighted by Gasteiger charge is 2.26. The second-order valence-corrected chi connectivity index (χ2v) is 5.48. The maximum atomic E-state index is 5.72. The predicted molar refractivity (Wildman–Crippen MR) is 66.2 cm³/mol. The minimum Gasteiger partial charge on any atom is -0.330 e. The summed E-state index contributed by atoms with van der Waals surface area (Å²) in [6, 6.07) is 2.79. The van der Waals surface area contributed by atoms with Gasteiger partial charge in [0.1, 0.15) is 0 Å². The van der Waals surface area contributed by atoms with Crippen molar-refractivity contribution in [2.24, 2.45) is 11.7 Å². The Hall–Kier alpha value is -0.380. The third-order valence-electron chi connectivity index (χ3n) is 3.48. The van der Waals surface area contributed by atoms with Crippen LogP contribution in [0, 0.1) is 12.8 Å². The van der Waals surface area contributed by atoms with E-state index in [1.165, 1.54) is 30.0 Å². The van der Waals surface area contributed by atoms with E-state index in [2.05, 4.69) is 30.2 Å². The van der Waals surface area contributed by atoms with Crippen LogP contribution in [-0.2, 0) is 0 Å². The van der Waals surface area contributed by atoms with Crippen LogP contribution in [0.15, 0.2) is 11.4 Å². The zero-order valence-corrected chi connectivity index (χ0v) is 10.4. The van der Waals surface area contributed by atoms with Gasteiger partial charge in [0.25, 0.3) is 0 Å². The number of nitrogens with zero attached hydrogens (tertiary/aromatic N) is 1. The van der Waals surface area contributed by atoms with Crippen LogP contribution < -0.4 is 5.73 Å². The molecule has 15 heavy (non-hydrogen) atoms. The number of rotatable bonds is 3. The number of aryl methyl sites for hydroxylation is 1. The van der Waals surface area contributed by atoms with E-state index >= 15 is 0 Å². The summed E-state index contributed by atoms with van der Waals surface area (Å²) in [7, 11) is 0. The molecule has 0 bridgehead atoms. The normalized spacial score (nSPS) is 24.6. The molecule has 0 aliphatic carbocycles. The smallest absolute Gasteiger partial charge is 0.0416 e. The lowest BCUT2D eigenvalue weighted by molar-refractivity contribution is 0.256. The van der Waals surface area contributed by atoms with E-state index in [0.717, 1.165) is 6.54 Å². The van der Waals surface area contributed by atoms with E-state index in [1.807, 2.05) is 11.3 Å². The van der Waals surface area contributed by atoms with Crippen molar-refractivity contribution in [1.82, 2.24) is 4.90 Å². The molecule has 1 aliphatic rings. The number of likely N-dealkylation sites (tertiary alicyclic amines) is 1. The highest BCUT2D eigenvalue weighted by Crippen LogP contribution is 2.31. The van der Waals surface area contributed by atoms with Gasteiger partial charge < -0.3 is 5.73 Å². The minimum absolute atomic E-state index is 0.571. The maximum absolute atomic E-state index is 5.72. The minimum atomic E-state index is 0.571. The summed E-state index contributed by atoms with van der Waals surface area (Å²) in [6.07, 6.45) is 1.27. The van der Waals surface area contributed by atoms with Crippen LogP contribution in [-0.4, -0.2) is 24.5 Å². The van der Waals surface area contributed by atoms with E-state index in [9.17, 15) is 0 Å². The topological polar surface area (TPSA) is 29.3 Å². The fraction of sp³-hybridized carbons (Fsp3) is 0.667. The van der Waals surface area contributed by atoms with E-state index in [0.29, 0.717) is 12.0 Å². The van der Waals surface area contributed by atoms with Gasteiger partial charge in [0, 0.05) is 17.5 Å². The average Bonchev–Trinajstić information content (AvgIpc) is 2.84. The SMILES string of the molecule is Cc1ccsc1C(C)N1CCC(CN)C1. The average molecular weight is 224 g/mol. The third kappa shape index (κ3) is 2.25. The summed E-state index contributed by atoms with van der Waals surface area (Å²) in [5.41, 5.74) is 7.15. The Balaban J connectivity index is 2.03. The van der Waals surface area contributed by atoms with Crippen LogP contribution in [0.25, 0.3) is 0 Å². The van der Waals surface area contributed by atoms with Gasteiger partial charge in [-0.05, 0) is 56.3 Å². The highest BCUT2D eigenvalue weighted by atomic mass is 32.1. The van der Waals surface area contributed by atoms with Crippen LogP contribution in [0.2, 0.25) is 0 Å². The summed E-state index contributed by atoms with van der Waals surface area (Å²) < 4.78 is 0.